The topological polar surface area (TPSA) is 95.9 Å². The molecule has 7 nitrogen and oxygen atoms in total. The van der Waals surface area contributed by atoms with Gasteiger partial charge in [0.1, 0.15) is 13.2 Å². The summed E-state index contributed by atoms with van der Waals surface area (Å²) < 4.78 is 4.66. The summed E-state index contributed by atoms with van der Waals surface area (Å²) in [6.07, 6.45) is -1.37. The van der Waals surface area contributed by atoms with E-state index >= 15 is 0 Å². The molecule has 0 aliphatic rings. The van der Waals surface area contributed by atoms with Crippen LogP contribution in [0.25, 0.3) is 0 Å². The van der Waals surface area contributed by atoms with Crippen molar-refractivity contribution >= 4 is 17.8 Å². The highest BCUT2D eigenvalue weighted by Crippen LogP contribution is 1.96. The smallest absolute Gasteiger partial charge is 0.325 e. The molecule has 0 bridgehead atoms. The molecule has 7 heteroatoms. The van der Waals surface area contributed by atoms with E-state index in [1.54, 1.807) is 13.8 Å². The average molecular weight is 260 g/mol. The fraction of sp³-hybridized carbons (Fsp3) is 0.727. The fourth-order valence-electron chi connectivity index (χ4n) is 1.24. The van der Waals surface area contributed by atoms with Gasteiger partial charge in [0.05, 0.1) is 0 Å². The molecule has 0 radical (unpaired) electrons. The van der Waals surface area contributed by atoms with Crippen molar-refractivity contribution in [3.63, 3.8) is 0 Å². The zero-order valence-corrected chi connectivity index (χ0v) is 10.9. The zero-order chi connectivity index (χ0) is 14.1. The van der Waals surface area contributed by atoms with E-state index in [9.17, 15) is 19.5 Å². The number of likely N-dealkylation sites (N-methyl/N-ethyl adjacent to an activating group) is 1. The van der Waals surface area contributed by atoms with Gasteiger partial charge in [-0.15, -0.1) is 0 Å². The number of hydrogen-bond acceptors (Lipinski definition) is 5. The first-order valence-electron chi connectivity index (χ1n) is 5.79. The van der Waals surface area contributed by atoms with Gasteiger partial charge in [-0.25, -0.2) is 0 Å². The van der Waals surface area contributed by atoms with E-state index in [1.165, 1.54) is 11.8 Å². The van der Waals surface area contributed by atoms with Crippen molar-refractivity contribution in [1.29, 1.82) is 0 Å². The van der Waals surface area contributed by atoms with Crippen LogP contribution < -0.4 is 5.32 Å². The Kier molecular flexibility index (Phi) is 7.69. The number of ether oxygens (including phenoxy) is 1. The lowest BCUT2D eigenvalue weighted by molar-refractivity contribution is -0.152. The standard InChI is InChI=1S/C11H20N2O5/c1-4-13(5-2)11(17)9(15)7-18-10(16)6-12-8(3)14/h9,15H,4-7H2,1-3H3,(H,12,14). The van der Waals surface area contributed by atoms with Crippen molar-refractivity contribution < 1.29 is 24.2 Å². The molecule has 104 valence electrons. The molecule has 0 rings (SSSR count). The zero-order valence-electron chi connectivity index (χ0n) is 10.9. The summed E-state index contributed by atoms with van der Waals surface area (Å²) in [6.45, 7) is 5.12. The summed E-state index contributed by atoms with van der Waals surface area (Å²) in [7, 11) is 0. The Labute approximate surface area is 106 Å². The maximum atomic E-state index is 11.6. The Bertz CT molecular complexity index is 302. The maximum absolute atomic E-state index is 11.6. The lowest BCUT2D eigenvalue weighted by Crippen LogP contribution is -2.42. The molecular formula is C11H20N2O5. The Morgan fingerprint density at radius 2 is 1.83 bits per heavy atom. The maximum Gasteiger partial charge on any atom is 0.325 e. The Balaban J connectivity index is 4.01. The second-order valence-corrected chi connectivity index (χ2v) is 3.62. The quantitative estimate of drug-likeness (QED) is 0.566. The first-order chi connectivity index (χ1) is 8.42. The molecule has 0 aliphatic carbocycles. The Hall–Kier alpha value is -1.63. The lowest BCUT2D eigenvalue weighted by atomic mass is 10.3. The van der Waals surface area contributed by atoms with Crippen LogP contribution in [0.15, 0.2) is 0 Å². The summed E-state index contributed by atoms with van der Waals surface area (Å²) in [6, 6.07) is 0. The predicted molar refractivity (Wildman–Crippen MR) is 63.6 cm³/mol. The van der Waals surface area contributed by atoms with E-state index in [0.29, 0.717) is 13.1 Å². The number of amides is 2. The second kappa shape index (κ2) is 8.46. The van der Waals surface area contributed by atoms with Crippen LogP contribution in [0.4, 0.5) is 0 Å². The molecule has 0 aliphatic heterocycles. The van der Waals surface area contributed by atoms with E-state index in [2.05, 4.69) is 10.1 Å². The van der Waals surface area contributed by atoms with E-state index in [0.717, 1.165) is 0 Å². The minimum Gasteiger partial charge on any atom is -0.461 e. The largest absolute Gasteiger partial charge is 0.461 e. The summed E-state index contributed by atoms with van der Waals surface area (Å²) in [4.78, 5) is 34.7. The number of aliphatic hydroxyl groups excluding tert-OH is 1. The van der Waals surface area contributed by atoms with Crippen molar-refractivity contribution in [3.8, 4) is 0 Å². The molecule has 1 atom stereocenters. The van der Waals surface area contributed by atoms with Crippen LogP contribution >= 0.6 is 0 Å². The van der Waals surface area contributed by atoms with E-state index < -0.39 is 24.6 Å². The Morgan fingerprint density at radius 3 is 2.28 bits per heavy atom. The van der Waals surface area contributed by atoms with Crippen molar-refractivity contribution in [2.45, 2.75) is 26.9 Å². The third-order valence-electron chi connectivity index (χ3n) is 2.24. The van der Waals surface area contributed by atoms with Gasteiger partial charge in [-0.05, 0) is 13.8 Å². The highest BCUT2D eigenvalue weighted by molar-refractivity contribution is 5.82. The molecule has 0 saturated heterocycles. The summed E-state index contributed by atoms with van der Waals surface area (Å²) in [5.41, 5.74) is 0. The molecule has 0 spiro atoms. The van der Waals surface area contributed by atoms with Crippen LogP contribution in [0.5, 0.6) is 0 Å². The molecule has 0 aromatic rings. The van der Waals surface area contributed by atoms with Gasteiger partial charge >= 0.3 is 5.97 Å². The number of hydrogen-bond donors (Lipinski definition) is 2. The molecule has 18 heavy (non-hydrogen) atoms. The molecule has 2 N–H and O–H groups in total. The summed E-state index contributed by atoms with van der Waals surface area (Å²) in [5.74, 6) is -1.53. The van der Waals surface area contributed by atoms with Crippen LogP contribution in [-0.4, -0.2) is 60.1 Å². The molecule has 0 fully saturated rings. The third-order valence-corrected chi connectivity index (χ3v) is 2.24. The highest BCUT2D eigenvalue weighted by Gasteiger charge is 2.21. The first-order valence-corrected chi connectivity index (χ1v) is 5.79. The van der Waals surface area contributed by atoms with E-state index in [-0.39, 0.29) is 12.5 Å². The van der Waals surface area contributed by atoms with Gasteiger partial charge in [0.2, 0.25) is 5.91 Å². The van der Waals surface area contributed by atoms with Crippen molar-refractivity contribution in [2.75, 3.05) is 26.2 Å². The average Bonchev–Trinajstić information content (AvgIpc) is 2.34. The van der Waals surface area contributed by atoms with Gasteiger partial charge in [0.15, 0.2) is 6.10 Å². The second-order valence-electron chi connectivity index (χ2n) is 3.62. The fourth-order valence-corrected chi connectivity index (χ4v) is 1.24. The first kappa shape index (κ1) is 16.4. The Morgan fingerprint density at radius 1 is 1.28 bits per heavy atom. The third kappa shape index (κ3) is 6.19. The lowest BCUT2D eigenvalue weighted by Gasteiger charge is -2.21. The molecule has 0 aromatic heterocycles. The number of aliphatic hydroxyl groups is 1. The molecule has 2 amide bonds. The van der Waals surface area contributed by atoms with Crippen molar-refractivity contribution in [1.82, 2.24) is 10.2 Å². The normalized spacial score (nSPS) is 11.6. The minimum atomic E-state index is -1.37. The van der Waals surface area contributed by atoms with Crippen molar-refractivity contribution in [2.24, 2.45) is 0 Å². The molecule has 0 heterocycles. The van der Waals surface area contributed by atoms with E-state index in [4.69, 9.17) is 0 Å². The number of nitrogens with one attached hydrogen (secondary N) is 1. The van der Waals surface area contributed by atoms with Gasteiger partial charge in [0, 0.05) is 20.0 Å². The van der Waals surface area contributed by atoms with E-state index in [1.807, 2.05) is 0 Å². The monoisotopic (exact) mass is 260 g/mol. The van der Waals surface area contributed by atoms with Crippen molar-refractivity contribution in [3.05, 3.63) is 0 Å². The van der Waals surface area contributed by atoms with Gasteiger partial charge < -0.3 is 20.1 Å². The van der Waals surface area contributed by atoms with Gasteiger partial charge in [0.25, 0.3) is 5.91 Å². The minimum absolute atomic E-state index is 0.276. The molecule has 0 aromatic carbocycles. The van der Waals surface area contributed by atoms with Crippen LogP contribution in [0.3, 0.4) is 0 Å². The number of carbonyl (C=O) groups excluding carboxylic acids is 3. The van der Waals surface area contributed by atoms with Crippen LogP contribution in [0, 0.1) is 0 Å². The highest BCUT2D eigenvalue weighted by atomic mass is 16.5. The number of carbonyl (C=O) groups is 3. The summed E-state index contributed by atoms with van der Waals surface area (Å²) in [5, 5.41) is 11.8. The van der Waals surface area contributed by atoms with Crippen LogP contribution in [0.2, 0.25) is 0 Å². The molecular weight excluding hydrogens is 240 g/mol. The van der Waals surface area contributed by atoms with Crippen LogP contribution in [0.1, 0.15) is 20.8 Å². The predicted octanol–water partition coefficient (Wildman–Crippen LogP) is -1.10. The molecule has 1 unspecified atom stereocenters. The molecule has 0 saturated carbocycles. The number of nitrogens with zero attached hydrogens (tertiary/aromatic N) is 1. The van der Waals surface area contributed by atoms with Gasteiger partial charge in [-0.2, -0.15) is 0 Å². The number of rotatable bonds is 7. The summed E-state index contributed by atoms with van der Waals surface area (Å²) >= 11 is 0. The van der Waals surface area contributed by atoms with Gasteiger partial charge in [-0.1, -0.05) is 0 Å². The van der Waals surface area contributed by atoms with Gasteiger partial charge in [-0.3, -0.25) is 14.4 Å². The SMILES string of the molecule is CCN(CC)C(=O)C(O)COC(=O)CNC(C)=O. The van der Waals surface area contributed by atoms with Crippen LogP contribution in [-0.2, 0) is 19.1 Å². The number of esters is 1.